The molecule has 1 heterocycles. The Hall–Kier alpha value is -2.28. The van der Waals surface area contributed by atoms with Gasteiger partial charge in [-0.3, -0.25) is 0 Å². The molecule has 0 spiro atoms. The zero-order valence-corrected chi connectivity index (χ0v) is 11.8. The van der Waals surface area contributed by atoms with Crippen molar-refractivity contribution in [2.75, 3.05) is 19.1 Å². The van der Waals surface area contributed by atoms with Gasteiger partial charge in [-0.25, -0.2) is 13.4 Å². The van der Waals surface area contributed by atoms with Crippen molar-refractivity contribution in [3.63, 3.8) is 0 Å². The Morgan fingerprint density at radius 1 is 1.25 bits per heavy atom. The molecule has 0 unspecified atom stereocenters. The molecule has 20 heavy (non-hydrogen) atoms. The number of pyridine rings is 1. The monoisotopic (exact) mass is 294 g/mol. The second-order valence-corrected chi connectivity index (χ2v) is 6.07. The Labute approximate surface area is 117 Å². The predicted molar refractivity (Wildman–Crippen MR) is 74.8 cm³/mol. The van der Waals surface area contributed by atoms with E-state index in [1.54, 1.807) is 18.2 Å². The third-order valence-electron chi connectivity index (χ3n) is 2.55. The zero-order valence-electron chi connectivity index (χ0n) is 11.0. The number of sulfone groups is 1. The molecular weight excluding hydrogens is 280 g/mol. The number of anilines is 1. The third kappa shape index (κ3) is 3.00. The summed E-state index contributed by atoms with van der Waals surface area (Å²) in [7, 11) is -1.91. The maximum atomic E-state index is 11.6. The fraction of sp³-hybridized carbons (Fsp3) is 0.154. The molecule has 0 saturated heterocycles. The average molecular weight is 294 g/mol. The molecule has 1 aromatic carbocycles. The molecule has 0 amide bonds. The fourth-order valence-corrected chi connectivity index (χ4v) is 2.36. The van der Waals surface area contributed by atoms with E-state index in [0.29, 0.717) is 17.2 Å². The molecule has 6 nitrogen and oxygen atoms in total. The molecule has 0 atom stereocenters. The van der Waals surface area contributed by atoms with Crippen LogP contribution < -0.4 is 15.2 Å². The summed E-state index contributed by atoms with van der Waals surface area (Å²) in [5.74, 6) is 0.910. The normalized spacial score (nSPS) is 11.1. The summed E-state index contributed by atoms with van der Waals surface area (Å²) in [4.78, 5) is 3.96. The molecule has 0 aliphatic carbocycles. The van der Waals surface area contributed by atoms with Gasteiger partial charge in [0, 0.05) is 18.5 Å². The van der Waals surface area contributed by atoms with Gasteiger partial charge in [0.2, 0.25) is 5.88 Å². The second-order valence-electron chi connectivity index (χ2n) is 4.08. The quantitative estimate of drug-likeness (QED) is 0.865. The minimum atomic E-state index is -3.42. The van der Waals surface area contributed by atoms with E-state index in [9.17, 15) is 8.42 Å². The second kappa shape index (κ2) is 5.38. The van der Waals surface area contributed by atoms with E-state index in [1.807, 2.05) is 0 Å². The van der Waals surface area contributed by atoms with Crippen molar-refractivity contribution in [3.8, 4) is 17.4 Å². The van der Waals surface area contributed by atoms with Crippen LogP contribution in [-0.4, -0.2) is 26.8 Å². The molecule has 1 aromatic heterocycles. The first-order valence-electron chi connectivity index (χ1n) is 5.68. The number of ether oxygens (including phenoxy) is 2. The topological polar surface area (TPSA) is 91.5 Å². The first kappa shape index (κ1) is 14.1. The number of hydrogen-bond acceptors (Lipinski definition) is 6. The van der Waals surface area contributed by atoms with Gasteiger partial charge in [-0.05, 0) is 24.3 Å². The van der Waals surface area contributed by atoms with Gasteiger partial charge in [0.15, 0.2) is 9.84 Å². The summed E-state index contributed by atoms with van der Waals surface area (Å²) in [6.45, 7) is 0. The van der Waals surface area contributed by atoms with E-state index in [-0.39, 0.29) is 10.8 Å². The van der Waals surface area contributed by atoms with Gasteiger partial charge in [0.05, 0.1) is 12.8 Å². The Bertz CT molecular complexity index is 729. The maximum Gasteiger partial charge on any atom is 0.238 e. The highest BCUT2D eigenvalue weighted by molar-refractivity contribution is 7.90. The van der Waals surface area contributed by atoms with Crippen molar-refractivity contribution < 1.29 is 17.9 Å². The number of aromatic nitrogens is 1. The average Bonchev–Trinajstić information content (AvgIpc) is 2.38. The molecule has 0 aliphatic heterocycles. The first-order chi connectivity index (χ1) is 9.41. The highest BCUT2D eigenvalue weighted by atomic mass is 32.2. The van der Waals surface area contributed by atoms with Gasteiger partial charge < -0.3 is 15.2 Å². The Morgan fingerprint density at radius 2 is 2.00 bits per heavy atom. The van der Waals surface area contributed by atoms with Gasteiger partial charge in [0.25, 0.3) is 0 Å². The van der Waals surface area contributed by atoms with Crippen LogP contribution in [0.15, 0.2) is 41.4 Å². The van der Waals surface area contributed by atoms with E-state index >= 15 is 0 Å². The van der Waals surface area contributed by atoms with Gasteiger partial charge in [-0.15, -0.1) is 0 Å². The summed E-state index contributed by atoms with van der Waals surface area (Å²) < 4.78 is 33.8. The van der Waals surface area contributed by atoms with Crippen molar-refractivity contribution in [2.45, 2.75) is 4.90 Å². The SMILES string of the molecule is COc1ccc(Oc2ncccc2S(C)(=O)=O)cc1N. The van der Waals surface area contributed by atoms with Crippen molar-refractivity contribution in [3.05, 3.63) is 36.5 Å². The number of benzene rings is 1. The van der Waals surface area contributed by atoms with Crippen molar-refractivity contribution >= 4 is 15.5 Å². The lowest BCUT2D eigenvalue weighted by molar-refractivity contribution is 0.413. The van der Waals surface area contributed by atoms with Gasteiger partial charge in [-0.2, -0.15) is 0 Å². The summed E-state index contributed by atoms with van der Waals surface area (Å²) >= 11 is 0. The Kier molecular flexibility index (Phi) is 3.80. The largest absolute Gasteiger partial charge is 0.495 e. The Morgan fingerprint density at radius 3 is 2.60 bits per heavy atom. The van der Waals surface area contributed by atoms with Crippen molar-refractivity contribution in [2.24, 2.45) is 0 Å². The molecule has 0 bridgehead atoms. The van der Waals surface area contributed by atoms with E-state index in [0.717, 1.165) is 6.26 Å². The molecule has 2 aromatic rings. The predicted octanol–water partition coefficient (Wildman–Crippen LogP) is 1.87. The van der Waals surface area contributed by atoms with Gasteiger partial charge in [0.1, 0.15) is 16.4 Å². The van der Waals surface area contributed by atoms with Crippen LogP contribution in [0.4, 0.5) is 5.69 Å². The van der Waals surface area contributed by atoms with Crippen LogP contribution in [0.3, 0.4) is 0 Å². The molecule has 0 radical (unpaired) electrons. The van der Waals surface area contributed by atoms with Gasteiger partial charge in [-0.1, -0.05) is 0 Å². The van der Waals surface area contributed by atoms with Crippen molar-refractivity contribution in [1.82, 2.24) is 4.98 Å². The summed E-state index contributed by atoms with van der Waals surface area (Å²) in [5.41, 5.74) is 6.16. The maximum absolute atomic E-state index is 11.6. The van der Waals surface area contributed by atoms with Crippen molar-refractivity contribution in [1.29, 1.82) is 0 Å². The number of hydrogen-bond donors (Lipinski definition) is 1. The van der Waals surface area contributed by atoms with Crippen LogP contribution in [-0.2, 0) is 9.84 Å². The lowest BCUT2D eigenvalue weighted by Gasteiger charge is -2.10. The molecule has 7 heteroatoms. The standard InChI is InChI=1S/C13H14N2O4S/c1-18-11-6-5-9(8-10(11)14)19-13-12(20(2,16)17)4-3-7-15-13/h3-8H,14H2,1-2H3. The van der Waals surface area contributed by atoms with Crippen LogP contribution in [0, 0.1) is 0 Å². The highest BCUT2D eigenvalue weighted by Gasteiger charge is 2.16. The van der Waals surface area contributed by atoms with Crippen LogP contribution in [0.25, 0.3) is 0 Å². The lowest BCUT2D eigenvalue weighted by Crippen LogP contribution is -2.02. The summed E-state index contributed by atoms with van der Waals surface area (Å²) in [6, 6.07) is 7.76. The summed E-state index contributed by atoms with van der Waals surface area (Å²) in [6.07, 6.45) is 2.55. The number of rotatable bonds is 4. The number of nitrogens with two attached hydrogens (primary N) is 1. The zero-order chi connectivity index (χ0) is 14.8. The molecule has 0 aliphatic rings. The lowest BCUT2D eigenvalue weighted by atomic mass is 10.3. The molecule has 0 fully saturated rings. The highest BCUT2D eigenvalue weighted by Crippen LogP contribution is 2.31. The number of nitrogens with zero attached hydrogens (tertiary/aromatic N) is 1. The first-order valence-corrected chi connectivity index (χ1v) is 7.57. The van der Waals surface area contributed by atoms with E-state index in [1.165, 1.54) is 25.4 Å². The number of nitrogen functional groups attached to an aromatic ring is 1. The third-order valence-corrected chi connectivity index (χ3v) is 3.66. The molecule has 2 N–H and O–H groups in total. The molecular formula is C13H14N2O4S. The molecule has 2 rings (SSSR count). The number of methoxy groups -OCH3 is 1. The Balaban J connectivity index is 2.38. The molecule has 106 valence electrons. The van der Waals surface area contributed by atoms with E-state index in [2.05, 4.69) is 4.98 Å². The smallest absolute Gasteiger partial charge is 0.238 e. The van der Waals surface area contributed by atoms with E-state index in [4.69, 9.17) is 15.2 Å². The van der Waals surface area contributed by atoms with Crippen LogP contribution >= 0.6 is 0 Å². The molecule has 0 saturated carbocycles. The van der Waals surface area contributed by atoms with Crippen LogP contribution in [0.2, 0.25) is 0 Å². The minimum Gasteiger partial charge on any atom is -0.495 e. The van der Waals surface area contributed by atoms with Crippen LogP contribution in [0.5, 0.6) is 17.4 Å². The van der Waals surface area contributed by atoms with E-state index < -0.39 is 9.84 Å². The fourth-order valence-electron chi connectivity index (χ4n) is 1.62. The minimum absolute atomic E-state index is 0.0135. The van der Waals surface area contributed by atoms with Crippen LogP contribution in [0.1, 0.15) is 0 Å². The summed E-state index contributed by atoms with van der Waals surface area (Å²) in [5, 5.41) is 0. The van der Waals surface area contributed by atoms with Gasteiger partial charge >= 0.3 is 0 Å².